The van der Waals surface area contributed by atoms with Gasteiger partial charge in [-0.3, -0.25) is 4.79 Å². The van der Waals surface area contributed by atoms with Gasteiger partial charge in [-0.15, -0.1) is 0 Å². The molecule has 0 aromatic rings. The molecule has 12 heavy (non-hydrogen) atoms. The van der Waals surface area contributed by atoms with Crippen LogP contribution in [0.4, 0.5) is 0 Å². The normalized spacial score (nSPS) is 38.2. The van der Waals surface area contributed by atoms with Crippen molar-refractivity contribution in [2.75, 3.05) is 0 Å². The summed E-state index contributed by atoms with van der Waals surface area (Å²) in [5.41, 5.74) is 1.55. The summed E-state index contributed by atoms with van der Waals surface area (Å²) in [6.45, 7) is 6.53. The van der Waals surface area contributed by atoms with Crippen molar-refractivity contribution in [3.8, 4) is 0 Å². The number of carbonyl (C=O) groups excluding carboxylic acids is 1. The second kappa shape index (κ2) is 2.21. The van der Waals surface area contributed by atoms with Crippen LogP contribution in [0.2, 0.25) is 0 Å². The Morgan fingerprint density at radius 2 is 2.17 bits per heavy atom. The standard InChI is InChI=1S/C11H16O/c1-7-6-11(2,3)9-4-8(7)5-10(9)12/h6,8-9H,4-5H2,1-3H3/t8-,9+/m1/s1. The minimum absolute atomic E-state index is 0.119. The van der Waals surface area contributed by atoms with Crippen molar-refractivity contribution in [3.63, 3.8) is 0 Å². The monoisotopic (exact) mass is 164 g/mol. The van der Waals surface area contributed by atoms with E-state index in [0.29, 0.717) is 17.6 Å². The summed E-state index contributed by atoms with van der Waals surface area (Å²) in [6.07, 6.45) is 4.21. The second-order valence-corrected chi connectivity index (χ2v) is 4.87. The molecule has 0 spiro atoms. The smallest absolute Gasteiger partial charge is 0.137 e. The zero-order chi connectivity index (χ0) is 8.93. The Morgan fingerprint density at radius 1 is 1.50 bits per heavy atom. The van der Waals surface area contributed by atoms with Gasteiger partial charge in [0.05, 0.1) is 0 Å². The van der Waals surface area contributed by atoms with Gasteiger partial charge in [0.2, 0.25) is 0 Å². The summed E-state index contributed by atoms with van der Waals surface area (Å²) in [7, 11) is 0. The number of hydrogen-bond acceptors (Lipinski definition) is 1. The number of Topliss-reactive ketones (excluding diaryl/α,β-unsaturated/α-hetero) is 1. The molecule has 0 aliphatic heterocycles. The molecule has 1 fully saturated rings. The molecule has 2 atom stereocenters. The van der Waals surface area contributed by atoms with Crippen LogP contribution in [-0.4, -0.2) is 5.78 Å². The van der Waals surface area contributed by atoms with Gasteiger partial charge in [0.15, 0.2) is 0 Å². The van der Waals surface area contributed by atoms with Gasteiger partial charge in [0.1, 0.15) is 5.78 Å². The molecular formula is C11H16O. The number of fused-ring (bicyclic) bond motifs is 2. The molecule has 2 bridgehead atoms. The fourth-order valence-corrected chi connectivity index (χ4v) is 2.76. The third kappa shape index (κ3) is 0.954. The van der Waals surface area contributed by atoms with Crippen LogP contribution < -0.4 is 0 Å². The van der Waals surface area contributed by atoms with E-state index < -0.39 is 0 Å². The van der Waals surface area contributed by atoms with E-state index in [1.807, 2.05) is 0 Å². The quantitative estimate of drug-likeness (QED) is 0.503. The lowest BCUT2D eigenvalue weighted by Gasteiger charge is -2.32. The molecule has 1 saturated carbocycles. The number of hydrogen-bond donors (Lipinski definition) is 0. The van der Waals surface area contributed by atoms with Crippen molar-refractivity contribution >= 4 is 5.78 Å². The molecule has 0 saturated heterocycles. The Bertz CT molecular complexity index is 260. The maximum atomic E-state index is 11.6. The van der Waals surface area contributed by atoms with E-state index in [-0.39, 0.29) is 5.41 Å². The van der Waals surface area contributed by atoms with Gasteiger partial charge in [-0.1, -0.05) is 25.5 Å². The minimum Gasteiger partial charge on any atom is -0.299 e. The van der Waals surface area contributed by atoms with E-state index >= 15 is 0 Å². The molecular weight excluding hydrogens is 148 g/mol. The van der Waals surface area contributed by atoms with Gasteiger partial charge in [0.25, 0.3) is 0 Å². The Labute approximate surface area is 73.8 Å². The number of allylic oxidation sites excluding steroid dienone is 2. The van der Waals surface area contributed by atoms with Crippen molar-refractivity contribution in [2.45, 2.75) is 33.6 Å². The number of carbonyl (C=O) groups is 1. The Kier molecular flexibility index (Phi) is 1.48. The van der Waals surface area contributed by atoms with Crippen molar-refractivity contribution in [2.24, 2.45) is 17.3 Å². The van der Waals surface area contributed by atoms with Crippen molar-refractivity contribution in [1.29, 1.82) is 0 Å². The van der Waals surface area contributed by atoms with Crippen molar-refractivity contribution in [3.05, 3.63) is 11.6 Å². The van der Waals surface area contributed by atoms with Crippen LogP contribution in [-0.2, 0) is 4.79 Å². The van der Waals surface area contributed by atoms with E-state index in [0.717, 1.165) is 12.8 Å². The maximum absolute atomic E-state index is 11.6. The molecule has 0 unspecified atom stereocenters. The summed E-state index contributed by atoms with van der Waals surface area (Å²) in [6, 6.07) is 0. The lowest BCUT2D eigenvalue weighted by Crippen LogP contribution is -2.27. The van der Waals surface area contributed by atoms with E-state index in [2.05, 4.69) is 26.8 Å². The van der Waals surface area contributed by atoms with Gasteiger partial charge in [-0.2, -0.15) is 0 Å². The predicted molar refractivity (Wildman–Crippen MR) is 48.8 cm³/mol. The summed E-state index contributed by atoms with van der Waals surface area (Å²) in [5.74, 6) is 1.37. The fraction of sp³-hybridized carbons (Fsp3) is 0.727. The molecule has 0 heterocycles. The first-order chi connectivity index (χ1) is 5.50. The molecule has 0 aromatic heterocycles. The average molecular weight is 164 g/mol. The van der Waals surface area contributed by atoms with E-state index in [9.17, 15) is 4.79 Å². The highest BCUT2D eigenvalue weighted by atomic mass is 16.1. The van der Waals surface area contributed by atoms with Crippen LogP contribution in [0.25, 0.3) is 0 Å². The molecule has 0 radical (unpaired) electrons. The van der Waals surface area contributed by atoms with E-state index in [4.69, 9.17) is 0 Å². The van der Waals surface area contributed by atoms with Crippen LogP contribution in [0.3, 0.4) is 0 Å². The zero-order valence-corrected chi connectivity index (χ0v) is 8.05. The van der Waals surface area contributed by atoms with Crippen LogP contribution in [0.1, 0.15) is 33.6 Å². The molecule has 0 N–H and O–H groups in total. The first-order valence-electron chi connectivity index (χ1n) is 4.73. The number of rotatable bonds is 0. The minimum atomic E-state index is 0.119. The van der Waals surface area contributed by atoms with Crippen LogP contribution in [0.5, 0.6) is 0 Å². The first-order valence-corrected chi connectivity index (χ1v) is 4.73. The lowest BCUT2D eigenvalue weighted by molar-refractivity contribution is -0.122. The summed E-state index contributed by atoms with van der Waals surface area (Å²) >= 11 is 0. The van der Waals surface area contributed by atoms with Gasteiger partial charge < -0.3 is 0 Å². The Hall–Kier alpha value is -0.590. The highest BCUT2D eigenvalue weighted by Crippen LogP contribution is 2.48. The molecule has 2 aliphatic rings. The third-order valence-corrected chi connectivity index (χ3v) is 3.50. The summed E-state index contributed by atoms with van der Waals surface area (Å²) < 4.78 is 0. The van der Waals surface area contributed by atoms with Crippen molar-refractivity contribution < 1.29 is 4.79 Å². The molecule has 0 amide bonds. The number of ketones is 1. The molecule has 2 aliphatic carbocycles. The maximum Gasteiger partial charge on any atom is 0.137 e. The molecule has 0 aromatic carbocycles. The van der Waals surface area contributed by atoms with E-state index in [1.165, 1.54) is 5.57 Å². The highest BCUT2D eigenvalue weighted by Gasteiger charge is 2.45. The third-order valence-electron chi connectivity index (χ3n) is 3.50. The van der Waals surface area contributed by atoms with Crippen LogP contribution in [0, 0.1) is 17.3 Å². The highest BCUT2D eigenvalue weighted by molar-refractivity contribution is 5.85. The predicted octanol–water partition coefficient (Wildman–Crippen LogP) is 2.57. The molecule has 1 heteroatoms. The fourth-order valence-electron chi connectivity index (χ4n) is 2.76. The SMILES string of the molecule is CC1=CC(C)(C)[C@H]2C[C@@H]1CC2=O. The first kappa shape index (κ1) is 8.03. The molecule has 66 valence electrons. The molecule has 2 rings (SSSR count). The summed E-state index contributed by atoms with van der Waals surface area (Å²) in [5, 5.41) is 0. The van der Waals surface area contributed by atoms with Gasteiger partial charge in [0, 0.05) is 12.3 Å². The lowest BCUT2D eigenvalue weighted by atomic mass is 9.72. The van der Waals surface area contributed by atoms with Gasteiger partial charge in [-0.25, -0.2) is 0 Å². The van der Waals surface area contributed by atoms with Crippen molar-refractivity contribution in [1.82, 2.24) is 0 Å². The van der Waals surface area contributed by atoms with Gasteiger partial charge in [-0.05, 0) is 24.7 Å². The second-order valence-electron chi connectivity index (χ2n) is 4.87. The van der Waals surface area contributed by atoms with Crippen LogP contribution in [0.15, 0.2) is 11.6 Å². The Morgan fingerprint density at radius 3 is 2.83 bits per heavy atom. The van der Waals surface area contributed by atoms with Crippen LogP contribution >= 0.6 is 0 Å². The largest absolute Gasteiger partial charge is 0.299 e. The average Bonchev–Trinajstić information content (AvgIpc) is 2.26. The zero-order valence-electron chi connectivity index (χ0n) is 8.05. The summed E-state index contributed by atoms with van der Waals surface area (Å²) in [4.78, 5) is 11.6. The molecule has 1 nitrogen and oxygen atoms in total. The Balaban J connectivity index is 2.42. The van der Waals surface area contributed by atoms with E-state index in [1.54, 1.807) is 0 Å². The van der Waals surface area contributed by atoms with Gasteiger partial charge >= 0.3 is 0 Å². The topological polar surface area (TPSA) is 17.1 Å².